The van der Waals surface area contributed by atoms with Gasteiger partial charge in [0.1, 0.15) is 0 Å². The van der Waals surface area contributed by atoms with Gasteiger partial charge in [0.2, 0.25) is 0 Å². The molecule has 25 heavy (non-hydrogen) atoms. The number of thiol groups is 4. The number of thioether (sulfide) groups is 4. The number of rotatable bonds is 16. The van der Waals surface area contributed by atoms with Crippen molar-refractivity contribution in [3.05, 3.63) is 0 Å². The average Bonchev–Trinajstić information content (AvgIpc) is 2.45. The Morgan fingerprint density at radius 3 is 0.880 bits per heavy atom. The fourth-order valence-electron chi connectivity index (χ4n) is 2.03. The average molecular weight is 497 g/mol. The Bertz CT molecular complexity index is 246. The largest absolute Gasteiger partial charge is 0.175 e. The minimum atomic E-state index is 0.362. The van der Waals surface area contributed by atoms with E-state index in [1.165, 1.54) is 23.0 Å². The summed E-state index contributed by atoms with van der Waals surface area (Å²) in [5.41, 5.74) is 0.362. The Morgan fingerprint density at radius 2 is 0.720 bits per heavy atom. The standard InChI is InChI=1S/C17H36S8/c1-13(18)5-22-9-17(10-23-6-14(2)19,11-24-7-15(3)20)12-25-8-16(4)21/h13-16,18-21H,5-12H2,1-4H3. The zero-order valence-electron chi connectivity index (χ0n) is 15.9. The highest BCUT2D eigenvalue weighted by Crippen LogP contribution is 2.36. The van der Waals surface area contributed by atoms with E-state index < -0.39 is 0 Å². The molecule has 0 aromatic carbocycles. The van der Waals surface area contributed by atoms with Gasteiger partial charge < -0.3 is 0 Å². The quantitative estimate of drug-likeness (QED) is 0.188. The molecule has 0 N–H and O–H groups in total. The third kappa shape index (κ3) is 17.4. The molecule has 0 nitrogen and oxygen atoms in total. The van der Waals surface area contributed by atoms with Crippen LogP contribution >= 0.6 is 97.6 Å². The zero-order valence-corrected chi connectivity index (χ0v) is 22.7. The van der Waals surface area contributed by atoms with E-state index in [9.17, 15) is 0 Å². The molecule has 4 atom stereocenters. The SMILES string of the molecule is CC(S)CSCC(CSCC(C)S)(CSCC(C)S)CSCC(C)S. The van der Waals surface area contributed by atoms with Gasteiger partial charge in [-0.05, 0) is 0 Å². The molecule has 0 aromatic rings. The summed E-state index contributed by atoms with van der Waals surface area (Å²) >= 11 is 26.5. The maximum atomic E-state index is 4.55. The third-order valence-electron chi connectivity index (χ3n) is 3.07. The van der Waals surface area contributed by atoms with E-state index >= 15 is 0 Å². The summed E-state index contributed by atoms with van der Waals surface area (Å²) in [7, 11) is 0. The third-order valence-corrected chi connectivity index (χ3v) is 11.0. The van der Waals surface area contributed by atoms with Gasteiger partial charge in [0.25, 0.3) is 0 Å². The van der Waals surface area contributed by atoms with Crippen LogP contribution in [0.3, 0.4) is 0 Å². The molecule has 0 aliphatic rings. The monoisotopic (exact) mass is 496 g/mol. The summed E-state index contributed by atoms with van der Waals surface area (Å²) in [4.78, 5) is 0. The molecule has 0 amide bonds. The molecule has 0 bridgehead atoms. The van der Waals surface area contributed by atoms with Gasteiger partial charge in [-0.3, -0.25) is 0 Å². The summed E-state index contributed by atoms with van der Waals surface area (Å²) < 4.78 is 0. The second kappa shape index (κ2) is 16.6. The van der Waals surface area contributed by atoms with Gasteiger partial charge >= 0.3 is 0 Å². The maximum absolute atomic E-state index is 4.55. The Kier molecular flexibility index (Phi) is 18.4. The van der Waals surface area contributed by atoms with Gasteiger partial charge in [0.15, 0.2) is 0 Å². The Hall–Kier alpha value is 2.80. The molecule has 152 valence electrons. The van der Waals surface area contributed by atoms with Crippen LogP contribution in [-0.2, 0) is 0 Å². The molecule has 8 heteroatoms. The molecule has 4 unspecified atom stereocenters. The molecule has 0 saturated carbocycles. The van der Waals surface area contributed by atoms with Crippen LogP contribution in [0.15, 0.2) is 0 Å². The van der Waals surface area contributed by atoms with Crippen LogP contribution in [0.1, 0.15) is 27.7 Å². The van der Waals surface area contributed by atoms with Crippen LogP contribution in [0.25, 0.3) is 0 Å². The minimum absolute atomic E-state index is 0.362. The van der Waals surface area contributed by atoms with Gasteiger partial charge in [-0.2, -0.15) is 97.6 Å². The van der Waals surface area contributed by atoms with Crippen LogP contribution in [0.2, 0.25) is 0 Å². The smallest absolute Gasteiger partial charge is 0.00791 e. The first kappa shape index (κ1) is 27.8. The zero-order chi connectivity index (χ0) is 19.3. The van der Waals surface area contributed by atoms with E-state index in [2.05, 4.69) is 125 Å². The predicted molar refractivity (Wildman–Crippen MR) is 146 cm³/mol. The van der Waals surface area contributed by atoms with Crippen molar-refractivity contribution in [2.45, 2.75) is 48.7 Å². The van der Waals surface area contributed by atoms with Crippen molar-refractivity contribution in [1.29, 1.82) is 0 Å². The van der Waals surface area contributed by atoms with Gasteiger partial charge in [-0.1, -0.05) is 27.7 Å². The topological polar surface area (TPSA) is 0 Å². The Balaban J connectivity index is 4.85. The van der Waals surface area contributed by atoms with E-state index in [0.717, 1.165) is 23.0 Å². The molecular weight excluding hydrogens is 461 g/mol. The van der Waals surface area contributed by atoms with Gasteiger partial charge in [0.05, 0.1) is 0 Å². The number of hydrogen-bond donors (Lipinski definition) is 4. The molecule has 0 spiro atoms. The molecule has 0 saturated heterocycles. The van der Waals surface area contributed by atoms with Crippen LogP contribution in [0.5, 0.6) is 0 Å². The normalized spacial score (nSPS) is 19.2. The highest BCUT2D eigenvalue weighted by Gasteiger charge is 2.31. The lowest BCUT2D eigenvalue weighted by Gasteiger charge is -2.34. The summed E-state index contributed by atoms with van der Waals surface area (Å²) in [5.74, 6) is 9.36. The lowest BCUT2D eigenvalue weighted by atomic mass is 9.99. The lowest BCUT2D eigenvalue weighted by molar-refractivity contribution is 0.515. The van der Waals surface area contributed by atoms with Gasteiger partial charge in [-0.25, -0.2) is 0 Å². The summed E-state index contributed by atoms with van der Waals surface area (Å²) in [6.45, 7) is 8.74. The van der Waals surface area contributed by atoms with Crippen molar-refractivity contribution in [3.8, 4) is 0 Å². The summed E-state index contributed by atoms with van der Waals surface area (Å²) in [5, 5.41) is 1.84. The van der Waals surface area contributed by atoms with E-state index in [0.29, 0.717) is 26.4 Å². The summed E-state index contributed by atoms with van der Waals surface area (Å²) in [6.07, 6.45) is 0. The second-order valence-electron chi connectivity index (χ2n) is 6.96. The first-order valence-electron chi connectivity index (χ1n) is 8.70. The summed E-state index contributed by atoms with van der Waals surface area (Å²) in [6, 6.07) is 0. The molecule has 0 heterocycles. The molecular formula is C17H36S8. The minimum Gasteiger partial charge on any atom is -0.175 e. The van der Waals surface area contributed by atoms with Crippen LogP contribution in [-0.4, -0.2) is 67.0 Å². The van der Waals surface area contributed by atoms with E-state index in [1.807, 2.05) is 0 Å². The van der Waals surface area contributed by atoms with Gasteiger partial charge in [0, 0.05) is 72.4 Å². The highest BCUT2D eigenvalue weighted by atomic mass is 32.2. The first-order valence-corrected chi connectivity index (χ1v) is 15.4. The van der Waals surface area contributed by atoms with Crippen molar-refractivity contribution < 1.29 is 0 Å². The molecule has 0 radical (unpaired) electrons. The second-order valence-corrected chi connectivity index (χ2v) is 14.6. The predicted octanol–water partition coefficient (Wildman–Crippen LogP) is 6.18. The molecule has 0 rings (SSSR count). The van der Waals surface area contributed by atoms with E-state index in [1.54, 1.807) is 0 Å². The Labute approximate surface area is 196 Å². The van der Waals surface area contributed by atoms with Crippen LogP contribution in [0.4, 0.5) is 0 Å². The molecule has 0 aromatic heterocycles. The van der Waals surface area contributed by atoms with Crippen molar-refractivity contribution in [1.82, 2.24) is 0 Å². The highest BCUT2D eigenvalue weighted by molar-refractivity contribution is 8.02. The van der Waals surface area contributed by atoms with Crippen molar-refractivity contribution in [2.24, 2.45) is 5.41 Å². The van der Waals surface area contributed by atoms with E-state index in [-0.39, 0.29) is 0 Å². The molecule has 0 fully saturated rings. The van der Waals surface area contributed by atoms with Crippen LogP contribution in [0, 0.1) is 5.41 Å². The Morgan fingerprint density at radius 1 is 0.520 bits per heavy atom. The van der Waals surface area contributed by atoms with Crippen molar-refractivity contribution >= 4 is 97.6 Å². The van der Waals surface area contributed by atoms with Crippen LogP contribution < -0.4 is 0 Å². The molecule has 0 aliphatic heterocycles. The van der Waals surface area contributed by atoms with E-state index in [4.69, 9.17) is 0 Å². The fraction of sp³-hybridized carbons (Fsp3) is 1.00. The maximum Gasteiger partial charge on any atom is 0.00791 e. The molecule has 0 aliphatic carbocycles. The van der Waals surface area contributed by atoms with Crippen molar-refractivity contribution in [3.63, 3.8) is 0 Å². The lowest BCUT2D eigenvalue weighted by Crippen LogP contribution is -2.34. The van der Waals surface area contributed by atoms with Crippen molar-refractivity contribution in [2.75, 3.05) is 46.0 Å². The van der Waals surface area contributed by atoms with Gasteiger partial charge in [-0.15, -0.1) is 0 Å². The number of hydrogen-bond acceptors (Lipinski definition) is 8. The fourth-order valence-corrected chi connectivity index (χ4v) is 8.87. The first-order chi connectivity index (χ1) is 11.7.